The summed E-state index contributed by atoms with van der Waals surface area (Å²) in [5, 5.41) is 4.24. The van der Waals surface area contributed by atoms with Crippen molar-refractivity contribution in [2.24, 2.45) is 5.92 Å². The highest BCUT2D eigenvalue weighted by Crippen LogP contribution is 2.32. The molecule has 1 aliphatic rings. The predicted octanol–water partition coefficient (Wildman–Crippen LogP) is 5.54. The lowest BCUT2D eigenvalue weighted by Crippen LogP contribution is -2.34. The van der Waals surface area contributed by atoms with Gasteiger partial charge in [0.05, 0.1) is 17.1 Å². The van der Waals surface area contributed by atoms with Gasteiger partial charge in [0, 0.05) is 35.9 Å². The van der Waals surface area contributed by atoms with E-state index in [1.54, 1.807) is 0 Å². The molecule has 1 saturated heterocycles. The van der Waals surface area contributed by atoms with Crippen molar-refractivity contribution in [3.63, 3.8) is 0 Å². The number of carbonyl (C=O) groups is 1. The maximum Gasteiger partial charge on any atom is 0.322 e. The van der Waals surface area contributed by atoms with E-state index in [0.29, 0.717) is 5.92 Å². The van der Waals surface area contributed by atoms with E-state index in [2.05, 4.69) is 53.1 Å². The lowest BCUT2D eigenvalue weighted by molar-refractivity contribution is 0.205. The van der Waals surface area contributed by atoms with Gasteiger partial charge in [0.15, 0.2) is 0 Å². The third-order valence-corrected chi connectivity index (χ3v) is 5.82. The molecule has 1 fully saturated rings. The van der Waals surface area contributed by atoms with Gasteiger partial charge in [-0.15, -0.1) is 0 Å². The number of anilines is 1. The molecule has 0 radical (unpaired) electrons. The van der Waals surface area contributed by atoms with E-state index in [9.17, 15) is 4.79 Å². The molecule has 5 rings (SSSR count). The molecule has 0 aliphatic carbocycles. The van der Waals surface area contributed by atoms with E-state index in [-0.39, 0.29) is 12.1 Å². The molecule has 0 spiro atoms. The predicted molar refractivity (Wildman–Crippen MR) is 121 cm³/mol. The van der Waals surface area contributed by atoms with E-state index in [0.717, 1.165) is 53.9 Å². The van der Waals surface area contributed by atoms with Crippen LogP contribution in [0.1, 0.15) is 38.6 Å². The number of amides is 2. The van der Waals surface area contributed by atoms with E-state index in [1.807, 2.05) is 35.2 Å². The Labute approximate surface area is 175 Å². The first-order valence-corrected chi connectivity index (χ1v) is 10.7. The van der Waals surface area contributed by atoms with Crippen LogP contribution in [0.5, 0.6) is 0 Å². The van der Waals surface area contributed by atoms with Crippen LogP contribution in [0.2, 0.25) is 0 Å². The molecule has 4 aromatic rings. The number of hydrogen-bond acceptors (Lipinski definition) is 2. The molecular weight excluding hydrogens is 374 g/mol. The Balaban J connectivity index is 1.35. The van der Waals surface area contributed by atoms with E-state index in [4.69, 9.17) is 4.98 Å². The Morgan fingerprint density at radius 1 is 1.23 bits per heavy atom. The summed E-state index contributed by atoms with van der Waals surface area (Å²) in [4.78, 5) is 23.1. The molecule has 2 N–H and O–H groups in total. The number of hydrogen-bond donors (Lipinski definition) is 2. The molecule has 2 aromatic carbocycles. The zero-order valence-corrected chi connectivity index (χ0v) is 17.4. The molecule has 1 unspecified atom stereocenters. The van der Waals surface area contributed by atoms with Gasteiger partial charge >= 0.3 is 6.03 Å². The van der Waals surface area contributed by atoms with Crippen LogP contribution in [0, 0.1) is 5.92 Å². The van der Waals surface area contributed by atoms with Crippen molar-refractivity contribution >= 4 is 33.7 Å². The summed E-state index contributed by atoms with van der Waals surface area (Å²) in [5.74, 6) is 1.45. The molecule has 154 valence electrons. The molecular formula is C24H27N5O. The number of aromatic amines is 1. The number of aromatic nitrogens is 3. The lowest BCUT2D eigenvalue weighted by atomic mass is 10.2. The second-order valence-corrected chi connectivity index (χ2v) is 8.56. The quantitative estimate of drug-likeness (QED) is 0.471. The second-order valence-electron chi connectivity index (χ2n) is 8.56. The number of para-hydroxylation sites is 2. The standard InChI is InChI=1S/C24H27N5O/c1-16(2)15-28-13-11-17-14-18(9-10-21(17)28)25-24(30)29-12-5-8-22(29)23-26-19-6-3-4-7-20(19)27-23/h3-4,6-7,9-11,13-14,16,22H,5,8,12,15H2,1-2H3,(H,25,30)(H,26,27). The van der Waals surface area contributed by atoms with Gasteiger partial charge in [-0.2, -0.15) is 0 Å². The lowest BCUT2D eigenvalue weighted by Gasteiger charge is -2.23. The number of fused-ring (bicyclic) bond motifs is 2. The van der Waals surface area contributed by atoms with Crippen molar-refractivity contribution in [3.8, 4) is 0 Å². The Kier molecular flexibility index (Phi) is 4.69. The maximum absolute atomic E-state index is 13.1. The average molecular weight is 402 g/mol. The SMILES string of the molecule is CC(C)Cn1ccc2cc(NC(=O)N3CCCC3c3nc4ccccc4[nH]3)ccc21. The third-order valence-electron chi connectivity index (χ3n) is 5.82. The minimum absolute atomic E-state index is 0.0201. The summed E-state index contributed by atoms with van der Waals surface area (Å²) in [6, 6.07) is 16.1. The summed E-state index contributed by atoms with van der Waals surface area (Å²) in [5.41, 5.74) is 3.97. The first kappa shape index (κ1) is 18.7. The number of benzene rings is 2. The number of nitrogens with zero attached hydrogens (tertiary/aromatic N) is 3. The summed E-state index contributed by atoms with van der Waals surface area (Å²) >= 11 is 0. The topological polar surface area (TPSA) is 66.0 Å². The minimum atomic E-state index is -0.0704. The zero-order valence-electron chi connectivity index (χ0n) is 17.4. The summed E-state index contributed by atoms with van der Waals surface area (Å²) in [6.45, 7) is 6.16. The fourth-order valence-corrected chi connectivity index (χ4v) is 4.45. The largest absolute Gasteiger partial charge is 0.347 e. The van der Waals surface area contributed by atoms with E-state index in [1.165, 1.54) is 5.52 Å². The van der Waals surface area contributed by atoms with Gasteiger partial charge in [-0.1, -0.05) is 26.0 Å². The summed E-state index contributed by atoms with van der Waals surface area (Å²) < 4.78 is 2.27. The highest BCUT2D eigenvalue weighted by molar-refractivity contribution is 5.93. The van der Waals surface area contributed by atoms with Gasteiger partial charge in [0.2, 0.25) is 0 Å². The number of likely N-dealkylation sites (tertiary alicyclic amines) is 1. The van der Waals surface area contributed by atoms with Crippen LogP contribution in [-0.2, 0) is 6.54 Å². The molecule has 0 saturated carbocycles. The first-order chi connectivity index (χ1) is 14.6. The number of carbonyl (C=O) groups excluding carboxylic acids is 1. The van der Waals surface area contributed by atoms with Crippen LogP contribution in [0.4, 0.5) is 10.5 Å². The van der Waals surface area contributed by atoms with Gasteiger partial charge in [-0.05, 0) is 55.2 Å². The average Bonchev–Trinajstić information content (AvgIpc) is 3.45. The number of H-pyrrole nitrogens is 1. The second kappa shape index (κ2) is 7.52. The molecule has 30 heavy (non-hydrogen) atoms. The maximum atomic E-state index is 13.1. The monoisotopic (exact) mass is 401 g/mol. The van der Waals surface area contributed by atoms with E-state index < -0.39 is 0 Å². The van der Waals surface area contributed by atoms with Crippen LogP contribution < -0.4 is 5.32 Å². The fraction of sp³-hybridized carbons (Fsp3) is 0.333. The first-order valence-electron chi connectivity index (χ1n) is 10.7. The molecule has 1 aliphatic heterocycles. The van der Waals surface area contributed by atoms with E-state index >= 15 is 0 Å². The summed E-state index contributed by atoms with van der Waals surface area (Å²) in [7, 11) is 0. The Hall–Kier alpha value is -3.28. The van der Waals surface area contributed by atoms with Crippen LogP contribution in [0.15, 0.2) is 54.7 Å². The fourth-order valence-electron chi connectivity index (χ4n) is 4.45. The van der Waals surface area contributed by atoms with Crippen LogP contribution in [-0.4, -0.2) is 32.0 Å². The van der Waals surface area contributed by atoms with Crippen LogP contribution in [0.3, 0.4) is 0 Å². The zero-order chi connectivity index (χ0) is 20.7. The van der Waals surface area contributed by atoms with Crippen LogP contribution >= 0.6 is 0 Å². The van der Waals surface area contributed by atoms with Crippen molar-refractivity contribution in [2.45, 2.75) is 39.3 Å². The number of rotatable bonds is 4. The molecule has 2 amide bonds. The van der Waals surface area contributed by atoms with Gasteiger partial charge in [0.25, 0.3) is 0 Å². The van der Waals surface area contributed by atoms with Crippen molar-refractivity contribution in [3.05, 3.63) is 60.6 Å². The third kappa shape index (κ3) is 3.43. The highest BCUT2D eigenvalue weighted by Gasteiger charge is 2.32. The number of nitrogens with one attached hydrogen (secondary N) is 2. The van der Waals surface area contributed by atoms with Gasteiger partial charge in [-0.25, -0.2) is 9.78 Å². The van der Waals surface area contributed by atoms with Crippen LogP contribution in [0.25, 0.3) is 21.9 Å². The van der Waals surface area contributed by atoms with Gasteiger partial charge < -0.3 is 19.8 Å². The van der Waals surface area contributed by atoms with Crippen molar-refractivity contribution in [1.82, 2.24) is 19.4 Å². The molecule has 2 aromatic heterocycles. The minimum Gasteiger partial charge on any atom is -0.347 e. The molecule has 1 atom stereocenters. The Bertz CT molecular complexity index is 1170. The Morgan fingerprint density at radius 3 is 2.93 bits per heavy atom. The van der Waals surface area contributed by atoms with Crippen molar-refractivity contribution in [2.75, 3.05) is 11.9 Å². The smallest absolute Gasteiger partial charge is 0.322 e. The molecule has 0 bridgehead atoms. The van der Waals surface area contributed by atoms with Crippen molar-refractivity contribution < 1.29 is 4.79 Å². The molecule has 3 heterocycles. The molecule has 6 heteroatoms. The number of imidazole rings is 1. The van der Waals surface area contributed by atoms with Crippen molar-refractivity contribution in [1.29, 1.82) is 0 Å². The number of urea groups is 1. The highest BCUT2D eigenvalue weighted by atomic mass is 16.2. The normalized spacial score (nSPS) is 16.8. The molecule has 6 nitrogen and oxygen atoms in total. The van der Waals surface area contributed by atoms with Gasteiger partial charge in [-0.3, -0.25) is 0 Å². The summed E-state index contributed by atoms with van der Waals surface area (Å²) in [6.07, 6.45) is 4.02. The Morgan fingerprint density at radius 2 is 2.10 bits per heavy atom. The van der Waals surface area contributed by atoms with Gasteiger partial charge in [0.1, 0.15) is 5.82 Å².